The molecule has 0 saturated heterocycles. The Hall–Kier alpha value is -2.19. The molecular weight excluding hydrogens is 362 g/mol. The van der Waals surface area contributed by atoms with Crippen LogP contribution in [0, 0.1) is 6.92 Å². The van der Waals surface area contributed by atoms with E-state index in [1.165, 1.54) is 4.57 Å². The smallest absolute Gasteiger partial charge is 0.328 e. The summed E-state index contributed by atoms with van der Waals surface area (Å²) in [6.45, 7) is 4.11. The van der Waals surface area contributed by atoms with Gasteiger partial charge < -0.3 is 10.7 Å². The Morgan fingerprint density at radius 3 is 2.80 bits per heavy atom. The van der Waals surface area contributed by atoms with E-state index in [-0.39, 0.29) is 23.2 Å². The topological polar surface area (TPSA) is 107 Å². The van der Waals surface area contributed by atoms with Crippen molar-refractivity contribution in [2.45, 2.75) is 32.0 Å². The Balaban J connectivity index is 2.10. The van der Waals surface area contributed by atoms with Crippen molar-refractivity contribution in [1.29, 1.82) is 0 Å². The lowest BCUT2D eigenvalue weighted by Crippen LogP contribution is -2.18. The van der Waals surface area contributed by atoms with Crippen LogP contribution in [0.1, 0.15) is 24.5 Å². The van der Waals surface area contributed by atoms with Crippen LogP contribution in [0.4, 0.5) is 5.82 Å². The molecule has 0 amide bonds. The van der Waals surface area contributed by atoms with Gasteiger partial charge in [-0.15, -0.1) is 0 Å². The van der Waals surface area contributed by atoms with E-state index in [4.69, 9.17) is 17.3 Å². The molecule has 0 aliphatic carbocycles. The first-order valence-corrected chi connectivity index (χ1v) is 9.49. The summed E-state index contributed by atoms with van der Waals surface area (Å²) in [6, 6.07) is 5.60. The van der Waals surface area contributed by atoms with Gasteiger partial charge in [-0.1, -0.05) is 30.7 Å². The average Bonchev–Trinajstić information content (AvgIpc) is 2.88. The number of hydrogen-bond donors (Lipinski definition) is 2. The van der Waals surface area contributed by atoms with Crippen LogP contribution in [0.15, 0.2) is 28.2 Å². The van der Waals surface area contributed by atoms with E-state index in [2.05, 4.69) is 15.0 Å². The molecule has 7 nitrogen and oxygen atoms in total. The lowest BCUT2D eigenvalue weighted by atomic mass is 10.1. The summed E-state index contributed by atoms with van der Waals surface area (Å²) in [5.41, 5.74) is 8.07. The quantitative estimate of drug-likeness (QED) is 0.661. The van der Waals surface area contributed by atoms with Crippen LogP contribution in [-0.4, -0.2) is 29.5 Å². The Bertz CT molecular complexity index is 1030. The summed E-state index contributed by atoms with van der Waals surface area (Å²) < 4.78 is 13.7. The number of nitrogens with zero attached hydrogens (tertiary/aromatic N) is 3. The summed E-state index contributed by atoms with van der Waals surface area (Å²) >= 11 is 6.16. The first kappa shape index (κ1) is 17.6. The summed E-state index contributed by atoms with van der Waals surface area (Å²) in [6.07, 6.45) is 0.732. The molecule has 0 bridgehead atoms. The van der Waals surface area contributed by atoms with Crippen molar-refractivity contribution in [3.63, 3.8) is 0 Å². The third-order valence-corrected chi connectivity index (χ3v) is 5.58. The van der Waals surface area contributed by atoms with Crippen LogP contribution in [-0.2, 0) is 17.3 Å². The number of nitrogens with one attached hydrogen (secondary N) is 1. The number of H-pyrrole nitrogens is 1. The van der Waals surface area contributed by atoms with Crippen LogP contribution in [0.3, 0.4) is 0 Å². The molecule has 0 radical (unpaired) electrons. The summed E-state index contributed by atoms with van der Waals surface area (Å²) in [7, 11) is -1.35. The highest BCUT2D eigenvalue weighted by molar-refractivity contribution is 7.84. The largest absolute Gasteiger partial charge is 0.382 e. The molecule has 25 heavy (non-hydrogen) atoms. The van der Waals surface area contributed by atoms with E-state index in [0.717, 1.165) is 17.5 Å². The predicted molar refractivity (Wildman–Crippen MR) is 99.4 cm³/mol. The highest BCUT2D eigenvalue weighted by Crippen LogP contribution is 2.20. The molecule has 0 fully saturated rings. The maximum Gasteiger partial charge on any atom is 0.328 e. The fourth-order valence-corrected chi connectivity index (χ4v) is 3.62. The number of hydrogen-bond acceptors (Lipinski definition) is 5. The molecule has 1 unspecified atom stereocenters. The monoisotopic (exact) mass is 379 g/mol. The van der Waals surface area contributed by atoms with Crippen molar-refractivity contribution in [2.24, 2.45) is 0 Å². The van der Waals surface area contributed by atoms with Crippen molar-refractivity contribution >= 4 is 39.4 Å². The van der Waals surface area contributed by atoms with Gasteiger partial charge in [-0.3, -0.25) is 8.78 Å². The third-order valence-electron chi connectivity index (χ3n) is 3.80. The standard InChI is InChI=1S/C16H18ClN5O2S/c1-3-6-25(24)15-20-13(18)12-14(21-15)22(16(23)19-12)8-10-5-4-9(2)11(17)7-10/h4-5,7H,3,6,8H2,1-2H3,(H,19,23)(H2,18,20,21). The number of imidazole rings is 1. The maximum atomic E-state index is 12.3. The highest BCUT2D eigenvalue weighted by Gasteiger charge is 2.17. The molecule has 9 heteroatoms. The van der Waals surface area contributed by atoms with Crippen molar-refractivity contribution in [3.8, 4) is 0 Å². The van der Waals surface area contributed by atoms with Gasteiger partial charge in [-0.25, -0.2) is 14.8 Å². The van der Waals surface area contributed by atoms with E-state index >= 15 is 0 Å². The minimum absolute atomic E-state index is 0.113. The number of fused-ring (bicyclic) bond motifs is 1. The Morgan fingerprint density at radius 2 is 2.12 bits per heavy atom. The van der Waals surface area contributed by atoms with Gasteiger partial charge in [-0.05, 0) is 30.5 Å². The molecular formula is C16H18ClN5O2S. The van der Waals surface area contributed by atoms with E-state index in [1.807, 2.05) is 32.0 Å². The second-order valence-corrected chi connectivity index (χ2v) is 7.61. The molecule has 2 aromatic heterocycles. The molecule has 0 spiro atoms. The van der Waals surface area contributed by atoms with Crippen molar-refractivity contribution in [3.05, 3.63) is 44.8 Å². The van der Waals surface area contributed by atoms with Gasteiger partial charge >= 0.3 is 5.69 Å². The molecule has 0 saturated carbocycles. The third kappa shape index (κ3) is 3.45. The van der Waals surface area contributed by atoms with Crippen LogP contribution >= 0.6 is 11.6 Å². The second-order valence-electron chi connectivity index (χ2n) is 5.74. The van der Waals surface area contributed by atoms with E-state index in [9.17, 15) is 9.00 Å². The van der Waals surface area contributed by atoms with Crippen LogP contribution < -0.4 is 11.4 Å². The fourth-order valence-electron chi connectivity index (χ4n) is 2.47. The summed E-state index contributed by atoms with van der Waals surface area (Å²) in [5.74, 6) is 0.551. The summed E-state index contributed by atoms with van der Waals surface area (Å²) in [4.78, 5) is 23.4. The van der Waals surface area contributed by atoms with Crippen molar-refractivity contribution in [2.75, 3.05) is 11.5 Å². The van der Waals surface area contributed by atoms with Crippen molar-refractivity contribution in [1.82, 2.24) is 19.5 Å². The average molecular weight is 380 g/mol. The number of aromatic nitrogens is 4. The fraction of sp³-hybridized carbons (Fsp3) is 0.312. The first-order valence-electron chi connectivity index (χ1n) is 7.80. The molecule has 3 aromatic rings. The number of aromatic amines is 1. The summed E-state index contributed by atoms with van der Waals surface area (Å²) in [5, 5.41) is 0.769. The van der Waals surface area contributed by atoms with Crippen molar-refractivity contribution < 1.29 is 4.21 Å². The molecule has 2 heterocycles. The van der Waals surface area contributed by atoms with Gasteiger partial charge in [0.05, 0.1) is 17.3 Å². The van der Waals surface area contributed by atoms with Crippen LogP contribution in [0.25, 0.3) is 11.2 Å². The van der Waals surface area contributed by atoms with Crippen LogP contribution in [0.2, 0.25) is 5.02 Å². The highest BCUT2D eigenvalue weighted by atomic mass is 35.5. The van der Waals surface area contributed by atoms with Gasteiger partial charge in [0.25, 0.3) is 0 Å². The molecule has 3 rings (SSSR count). The maximum absolute atomic E-state index is 12.3. The number of nitrogen functional groups attached to an aromatic ring is 1. The second kappa shape index (κ2) is 6.97. The molecule has 0 aliphatic rings. The number of benzene rings is 1. The Kier molecular flexibility index (Phi) is 4.91. The zero-order valence-electron chi connectivity index (χ0n) is 13.9. The van der Waals surface area contributed by atoms with Gasteiger partial charge in [0, 0.05) is 10.8 Å². The molecule has 0 aliphatic heterocycles. The predicted octanol–water partition coefficient (Wildman–Crippen LogP) is 2.23. The minimum Gasteiger partial charge on any atom is -0.382 e. The van der Waals surface area contributed by atoms with Gasteiger partial charge in [0.1, 0.15) is 5.52 Å². The number of anilines is 1. The number of rotatable bonds is 5. The number of halogens is 1. The van der Waals surface area contributed by atoms with E-state index < -0.39 is 10.8 Å². The minimum atomic E-state index is -1.35. The van der Waals surface area contributed by atoms with E-state index in [1.54, 1.807) is 0 Å². The lowest BCUT2D eigenvalue weighted by Gasteiger charge is -2.07. The molecule has 132 valence electrons. The van der Waals surface area contributed by atoms with Gasteiger partial charge in [0.15, 0.2) is 11.5 Å². The normalized spacial score (nSPS) is 12.6. The number of nitrogens with two attached hydrogens (primary N) is 1. The lowest BCUT2D eigenvalue weighted by molar-refractivity contribution is 0.674. The molecule has 3 N–H and O–H groups in total. The zero-order valence-corrected chi connectivity index (χ0v) is 15.4. The first-order chi connectivity index (χ1) is 11.9. The van der Waals surface area contributed by atoms with E-state index in [0.29, 0.717) is 21.9 Å². The SMILES string of the molecule is CCCS(=O)c1nc(N)c2[nH]c(=O)n(Cc3ccc(C)c(Cl)c3)c2n1. The zero-order chi connectivity index (χ0) is 18.1. The Morgan fingerprint density at radius 1 is 1.36 bits per heavy atom. The van der Waals surface area contributed by atoms with Gasteiger partial charge in [0.2, 0.25) is 5.16 Å². The molecule has 1 aromatic carbocycles. The van der Waals surface area contributed by atoms with Gasteiger partial charge in [-0.2, -0.15) is 0 Å². The molecule has 1 atom stereocenters. The number of aryl methyl sites for hydroxylation is 1. The Labute approximate surface area is 151 Å². The van der Waals surface area contributed by atoms with Crippen LogP contribution in [0.5, 0.6) is 0 Å².